The lowest BCUT2D eigenvalue weighted by molar-refractivity contribution is 0.0955. The van der Waals surface area contributed by atoms with Gasteiger partial charge in [-0.1, -0.05) is 30.7 Å². The number of amides is 1. The molecule has 0 aromatic heterocycles. The molecule has 0 saturated carbocycles. The maximum absolute atomic E-state index is 12.6. The lowest BCUT2D eigenvalue weighted by Crippen LogP contribution is -2.20. The fourth-order valence-electron chi connectivity index (χ4n) is 3.20. The van der Waals surface area contributed by atoms with Crippen LogP contribution in [0.25, 0.3) is 0 Å². The van der Waals surface area contributed by atoms with Crippen molar-refractivity contribution in [3.8, 4) is 11.5 Å². The van der Waals surface area contributed by atoms with Crippen LogP contribution in [0.15, 0.2) is 76.7 Å². The second kappa shape index (κ2) is 10.6. The minimum absolute atomic E-state index is 0.245. The van der Waals surface area contributed by atoms with Crippen LogP contribution < -0.4 is 14.9 Å². The summed E-state index contributed by atoms with van der Waals surface area (Å²) in [6.07, 6.45) is 0.667. The monoisotopic (exact) mass is 466 g/mol. The molecule has 0 atom stereocenters. The summed E-state index contributed by atoms with van der Waals surface area (Å²) in [7, 11) is 0. The van der Waals surface area contributed by atoms with Crippen LogP contribution in [0.5, 0.6) is 11.5 Å². The van der Waals surface area contributed by atoms with Crippen molar-refractivity contribution in [1.29, 1.82) is 0 Å². The van der Waals surface area contributed by atoms with E-state index in [4.69, 9.17) is 21.1 Å². The smallest absolute Gasteiger partial charge is 0.271 e. The third-order valence-corrected chi connectivity index (χ3v) is 6.27. The van der Waals surface area contributed by atoms with E-state index in [2.05, 4.69) is 10.5 Å². The van der Waals surface area contributed by atoms with Crippen LogP contribution in [0.4, 0.5) is 0 Å². The summed E-state index contributed by atoms with van der Waals surface area (Å²) in [5.41, 5.74) is 6.03. The maximum atomic E-state index is 12.6. The van der Waals surface area contributed by atoms with Crippen LogP contribution >= 0.6 is 23.4 Å². The lowest BCUT2D eigenvalue weighted by atomic mass is 10.1. The topological polar surface area (TPSA) is 59.9 Å². The molecule has 0 radical (unpaired) electrons. The van der Waals surface area contributed by atoms with E-state index in [0.717, 1.165) is 38.3 Å². The predicted octanol–water partition coefficient (Wildman–Crippen LogP) is 5.95. The molecule has 0 bridgehead atoms. The van der Waals surface area contributed by atoms with Crippen molar-refractivity contribution in [3.05, 3.63) is 88.4 Å². The van der Waals surface area contributed by atoms with E-state index in [1.165, 1.54) is 0 Å². The highest BCUT2D eigenvalue weighted by molar-refractivity contribution is 7.98. The second-order valence-electron chi connectivity index (χ2n) is 7.15. The quantitative estimate of drug-likeness (QED) is 0.265. The van der Waals surface area contributed by atoms with Gasteiger partial charge < -0.3 is 9.47 Å². The van der Waals surface area contributed by atoms with Gasteiger partial charge in [-0.2, -0.15) is 5.10 Å². The number of hydrazone groups is 1. The van der Waals surface area contributed by atoms with E-state index >= 15 is 0 Å². The number of nitrogens with zero attached hydrogens (tertiary/aromatic N) is 1. The van der Waals surface area contributed by atoms with Crippen molar-refractivity contribution in [2.75, 3.05) is 13.2 Å². The Morgan fingerprint density at radius 3 is 2.38 bits per heavy atom. The van der Waals surface area contributed by atoms with Gasteiger partial charge in [-0.25, -0.2) is 5.43 Å². The van der Waals surface area contributed by atoms with E-state index in [9.17, 15) is 4.79 Å². The largest absolute Gasteiger partial charge is 0.486 e. The van der Waals surface area contributed by atoms with Gasteiger partial charge in [0.25, 0.3) is 5.91 Å². The molecule has 4 rings (SSSR count). The van der Waals surface area contributed by atoms with Crippen molar-refractivity contribution in [1.82, 2.24) is 5.43 Å². The number of hydrogen-bond acceptors (Lipinski definition) is 5. The molecule has 0 spiro atoms. The Hall–Kier alpha value is -2.96. The van der Waals surface area contributed by atoms with E-state index in [-0.39, 0.29) is 5.91 Å². The molecule has 3 aromatic carbocycles. The number of halogens is 1. The van der Waals surface area contributed by atoms with Gasteiger partial charge in [0.15, 0.2) is 11.5 Å². The third-order valence-electron chi connectivity index (χ3n) is 4.94. The summed E-state index contributed by atoms with van der Waals surface area (Å²) in [5, 5.41) is 5.08. The van der Waals surface area contributed by atoms with Crippen molar-refractivity contribution in [2.45, 2.75) is 24.0 Å². The summed E-state index contributed by atoms with van der Waals surface area (Å²) in [6.45, 7) is 3.07. The van der Waals surface area contributed by atoms with Crippen LogP contribution in [0.3, 0.4) is 0 Å². The minimum atomic E-state index is -0.245. The van der Waals surface area contributed by atoms with E-state index in [0.29, 0.717) is 30.9 Å². The van der Waals surface area contributed by atoms with Crippen LogP contribution in [0, 0.1) is 0 Å². The zero-order chi connectivity index (χ0) is 22.3. The molecule has 0 saturated heterocycles. The maximum Gasteiger partial charge on any atom is 0.271 e. The fourth-order valence-corrected chi connectivity index (χ4v) is 4.18. The van der Waals surface area contributed by atoms with Crippen LogP contribution in [-0.2, 0) is 5.75 Å². The number of fused-ring (bicyclic) bond motifs is 1. The molecule has 3 aromatic rings. The molecule has 1 aliphatic rings. The Morgan fingerprint density at radius 2 is 1.66 bits per heavy atom. The highest BCUT2D eigenvalue weighted by Gasteiger charge is 2.14. The van der Waals surface area contributed by atoms with Crippen molar-refractivity contribution >= 4 is 35.0 Å². The van der Waals surface area contributed by atoms with Gasteiger partial charge in [0.2, 0.25) is 0 Å². The highest BCUT2D eigenvalue weighted by Crippen LogP contribution is 2.31. The first-order valence-corrected chi connectivity index (χ1v) is 11.7. The van der Waals surface area contributed by atoms with Crippen molar-refractivity contribution < 1.29 is 14.3 Å². The van der Waals surface area contributed by atoms with Gasteiger partial charge in [0.1, 0.15) is 13.2 Å². The Labute approximate surface area is 196 Å². The van der Waals surface area contributed by atoms with Gasteiger partial charge in [-0.05, 0) is 66.6 Å². The van der Waals surface area contributed by atoms with Crippen molar-refractivity contribution in [2.24, 2.45) is 5.10 Å². The number of carbonyl (C=O) groups excluding carboxylic acids is 1. The molecule has 1 heterocycles. The zero-order valence-electron chi connectivity index (χ0n) is 17.6. The highest BCUT2D eigenvalue weighted by atomic mass is 35.5. The van der Waals surface area contributed by atoms with Gasteiger partial charge in [-0.3, -0.25) is 4.79 Å². The zero-order valence-corrected chi connectivity index (χ0v) is 19.2. The summed E-state index contributed by atoms with van der Waals surface area (Å²) >= 11 is 7.65. The number of nitrogens with one attached hydrogen (secondary N) is 1. The molecule has 0 fully saturated rings. The number of rotatable bonds is 7. The first-order valence-electron chi connectivity index (χ1n) is 10.4. The molecular weight excluding hydrogens is 444 g/mol. The standard InChI is InChI=1S/C25H23ClN2O3S/c1-2-22(19-7-12-23-24(15-19)31-14-13-30-23)27-28-25(29)18-5-3-17(4-6-18)16-32-21-10-8-20(26)9-11-21/h3-12,15H,2,13-14,16H2,1H3,(H,28,29)/b27-22-. The number of hydrogen-bond donors (Lipinski definition) is 1. The van der Waals surface area contributed by atoms with Gasteiger partial charge in [0, 0.05) is 26.8 Å². The first kappa shape index (κ1) is 22.2. The SMILES string of the molecule is CC/C(=N/NC(=O)c1ccc(CSc2ccc(Cl)cc2)cc1)c1ccc2c(c1)OCCO2. The van der Waals surface area contributed by atoms with E-state index < -0.39 is 0 Å². The fraction of sp³-hybridized carbons (Fsp3) is 0.200. The van der Waals surface area contributed by atoms with Crippen LogP contribution in [0.1, 0.15) is 34.8 Å². The molecular formula is C25H23ClN2O3S. The molecule has 1 aliphatic heterocycles. The normalized spacial score (nSPS) is 13.0. The number of carbonyl (C=O) groups is 1. The second-order valence-corrected chi connectivity index (χ2v) is 8.64. The molecule has 1 amide bonds. The Balaban J connectivity index is 1.37. The first-order chi connectivity index (χ1) is 15.6. The molecule has 1 N–H and O–H groups in total. The number of thioether (sulfide) groups is 1. The molecule has 32 heavy (non-hydrogen) atoms. The average Bonchev–Trinajstić information content (AvgIpc) is 2.84. The Bertz CT molecular complexity index is 1120. The van der Waals surface area contributed by atoms with Gasteiger partial charge in [-0.15, -0.1) is 11.8 Å². The van der Waals surface area contributed by atoms with Crippen molar-refractivity contribution in [3.63, 3.8) is 0 Å². The summed E-state index contributed by atoms with van der Waals surface area (Å²) in [5.74, 6) is 2.00. The molecule has 7 heteroatoms. The average molecular weight is 467 g/mol. The minimum Gasteiger partial charge on any atom is -0.486 e. The Morgan fingerprint density at radius 1 is 0.969 bits per heavy atom. The molecule has 0 aliphatic carbocycles. The summed E-state index contributed by atoms with van der Waals surface area (Å²) in [4.78, 5) is 13.7. The third kappa shape index (κ3) is 5.64. The molecule has 164 valence electrons. The van der Waals surface area contributed by atoms with E-state index in [1.54, 1.807) is 11.8 Å². The predicted molar refractivity (Wildman–Crippen MR) is 129 cm³/mol. The van der Waals surface area contributed by atoms with E-state index in [1.807, 2.05) is 73.7 Å². The number of benzene rings is 3. The summed E-state index contributed by atoms with van der Waals surface area (Å²) in [6, 6.07) is 21.0. The molecule has 5 nitrogen and oxygen atoms in total. The lowest BCUT2D eigenvalue weighted by Gasteiger charge is -2.19. The number of ether oxygens (including phenoxy) is 2. The van der Waals surface area contributed by atoms with Crippen LogP contribution in [0.2, 0.25) is 5.02 Å². The van der Waals surface area contributed by atoms with Crippen LogP contribution in [-0.4, -0.2) is 24.8 Å². The summed E-state index contributed by atoms with van der Waals surface area (Å²) < 4.78 is 11.2. The Kier molecular flexibility index (Phi) is 7.35. The molecule has 0 unspecified atom stereocenters. The van der Waals surface area contributed by atoms with Gasteiger partial charge >= 0.3 is 0 Å². The van der Waals surface area contributed by atoms with Gasteiger partial charge in [0.05, 0.1) is 5.71 Å².